The van der Waals surface area contributed by atoms with Crippen molar-refractivity contribution in [2.24, 2.45) is 39.9 Å². The van der Waals surface area contributed by atoms with E-state index >= 15 is 0 Å². The molecule has 0 aromatic heterocycles. The summed E-state index contributed by atoms with van der Waals surface area (Å²) in [6.07, 6.45) is 7.36. The van der Waals surface area contributed by atoms with Gasteiger partial charge in [0.15, 0.2) is 6.10 Å². The summed E-state index contributed by atoms with van der Waals surface area (Å²) in [6, 6.07) is 6.13. The predicted octanol–water partition coefficient (Wildman–Crippen LogP) is 5.26. The zero-order valence-corrected chi connectivity index (χ0v) is 24.7. The molecule has 39 heavy (non-hydrogen) atoms. The van der Waals surface area contributed by atoms with Crippen LogP contribution in [0, 0.1) is 59.2 Å². The van der Waals surface area contributed by atoms with Gasteiger partial charge in [0.25, 0.3) is 10.1 Å². The standard InChI is InChI=1S/C31H42O7S/c1-8-15-29(5)18-23(25(28(33)34)38-39(35,36)22-11-9-19(2)10-12-22)30(6)20(3)13-16-31(21(4)27(29)32)17-14-24(37-7)26(30)31/h1,9-12,20-21,23-26H,13-18H2,2-7H3,(H,33,34)/t20-,21+,23+,24-,25?,26-,29+,30-,31+/m1/s1. The lowest BCUT2D eigenvalue weighted by molar-refractivity contribution is -0.193. The Balaban J connectivity index is 1.93. The van der Waals surface area contributed by atoms with E-state index in [1.165, 1.54) is 12.1 Å². The number of methoxy groups -OCH3 is 1. The van der Waals surface area contributed by atoms with Gasteiger partial charge in [-0.1, -0.05) is 45.4 Å². The molecule has 9 atom stereocenters. The van der Waals surface area contributed by atoms with Gasteiger partial charge in [0, 0.05) is 30.8 Å². The van der Waals surface area contributed by atoms with Crippen molar-refractivity contribution in [1.82, 2.24) is 0 Å². The quantitative estimate of drug-likeness (QED) is 0.360. The van der Waals surface area contributed by atoms with E-state index in [9.17, 15) is 23.1 Å². The average Bonchev–Trinajstić information content (AvgIpc) is 3.28. The van der Waals surface area contributed by atoms with Gasteiger partial charge in [0.2, 0.25) is 0 Å². The molecule has 3 aliphatic rings. The Kier molecular flexibility index (Phi) is 7.88. The van der Waals surface area contributed by atoms with Crippen LogP contribution in [0.25, 0.3) is 0 Å². The Bertz CT molecular complexity index is 1260. The minimum absolute atomic E-state index is 0.0225. The highest BCUT2D eigenvalue weighted by Gasteiger charge is 2.69. The minimum atomic E-state index is -4.42. The lowest BCUT2D eigenvalue weighted by Crippen LogP contribution is -2.63. The van der Waals surface area contributed by atoms with Crippen LogP contribution in [0.4, 0.5) is 0 Å². The van der Waals surface area contributed by atoms with Gasteiger partial charge in [-0.05, 0) is 73.8 Å². The third-order valence-corrected chi connectivity index (χ3v) is 12.2. The van der Waals surface area contributed by atoms with Crippen molar-refractivity contribution >= 4 is 21.9 Å². The molecule has 1 aromatic carbocycles. The molecule has 7 nitrogen and oxygen atoms in total. The maximum atomic E-state index is 14.3. The van der Waals surface area contributed by atoms with Crippen LogP contribution in [0.2, 0.25) is 0 Å². The number of carbonyl (C=O) groups is 2. The van der Waals surface area contributed by atoms with Gasteiger partial charge in [-0.2, -0.15) is 8.42 Å². The number of ether oxygens (including phenoxy) is 1. The van der Waals surface area contributed by atoms with Gasteiger partial charge in [-0.25, -0.2) is 4.79 Å². The van der Waals surface area contributed by atoms with E-state index < -0.39 is 38.9 Å². The van der Waals surface area contributed by atoms with Gasteiger partial charge in [0.1, 0.15) is 5.78 Å². The number of carbonyl (C=O) groups excluding carboxylic acids is 1. The second-order valence-corrected chi connectivity index (χ2v) is 14.4. The van der Waals surface area contributed by atoms with Gasteiger partial charge in [-0.15, -0.1) is 12.3 Å². The highest BCUT2D eigenvalue weighted by atomic mass is 32.2. The first-order valence-electron chi connectivity index (χ1n) is 13.9. The van der Waals surface area contributed by atoms with Crippen LogP contribution in [-0.4, -0.2) is 44.6 Å². The van der Waals surface area contributed by atoms with E-state index in [0.29, 0.717) is 0 Å². The summed E-state index contributed by atoms with van der Waals surface area (Å²) in [4.78, 5) is 27.1. The van der Waals surface area contributed by atoms with E-state index in [0.717, 1.165) is 31.2 Å². The molecule has 0 aliphatic heterocycles. The number of aryl methyl sites for hydroxylation is 1. The molecule has 8 heteroatoms. The molecule has 1 N–H and O–H groups in total. The summed E-state index contributed by atoms with van der Waals surface area (Å²) in [5.41, 5.74) is -1.23. The summed E-state index contributed by atoms with van der Waals surface area (Å²) < 4.78 is 38.6. The Morgan fingerprint density at radius 2 is 1.79 bits per heavy atom. The summed E-state index contributed by atoms with van der Waals surface area (Å²) in [5, 5.41) is 10.6. The maximum absolute atomic E-state index is 14.3. The molecule has 214 valence electrons. The van der Waals surface area contributed by atoms with Gasteiger partial charge < -0.3 is 9.84 Å². The van der Waals surface area contributed by atoms with Crippen molar-refractivity contribution in [2.75, 3.05) is 7.11 Å². The first kappa shape index (κ1) is 29.8. The first-order valence-corrected chi connectivity index (χ1v) is 15.3. The molecule has 1 unspecified atom stereocenters. The molecule has 0 heterocycles. The highest BCUT2D eigenvalue weighted by Crippen LogP contribution is 2.70. The fraction of sp³-hybridized carbons (Fsp3) is 0.677. The first-order chi connectivity index (χ1) is 18.2. The average molecular weight is 559 g/mol. The van der Waals surface area contributed by atoms with E-state index in [1.807, 2.05) is 20.8 Å². The largest absolute Gasteiger partial charge is 0.479 e. The lowest BCUT2D eigenvalue weighted by atomic mass is 9.41. The number of carboxylic acids is 1. The lowest BCUT2D eigenvalue weighted by Gasteiger charge is -2.63. The smallest absolute Gasteiger partial charge is 0.334 e. The van der Waals surface area contributed by atoms with Crippen LogP contribution in [0.3, 0.4) is 0 Å². The van der Waals surface area contributed by atoms with Gasteiger partial charge in [-0.3, -0.25) is 8.98 Å². The van der Waals surface area contributed by atoms with Crippen molar-refractivity contribution < 1.29 is 32.0 Å². The summed E-state index contributed by atoms with van der Waals surface area (Å²) in [5.74, 6) is 0.137. The molecule has 0 spiro atoms. The van der Waals surface area contributed by atoms with Crippen LogP contribution < -0.4 is 0 Å². The fourth-order valence-corrected chi connectivity index (χ4v) is 9.71. The van der Waals surface area contributed by atoms with Crippen LogP contribution in [0.15, 0.2) is 29.2 Å². The highest BCUT2D eigenvalue weighted by molar-refractivity contribution is 7.86. The second kappa shape index (κ2) is 10.3. The second-order valence-electron chi connectivity index (χ2n) is 12.8. The zero-order valence-electron chi connectivity index (χ0n) is 23.9. The number of ketones is 1. The Labute approximate surface area is 233 Å². The molecule has 0 saturated heterocycles. The Morgan fingerprint density at radius 3 is 2.36 bits per heavy atom. The predicted molar refractivity (Wildman–Crippen MR) is 147 cm³/mol. The molecule has 3 aliphatic carbocycles. The van der Waals surface area contributed by atoms with Gasteiger partial charge >= 0.3 is 5.97 Å². The Hall–Kier alpha value is -2.21. The Morgan fingerprint density at radius 1 is 1.18 bits per heavy atom. The number of aliphatic carboxylic acids is 1. The number of benzene rings is 1. The summed E-state index contributed by atoms with van der Waals surface area (Å²) in [6.45, 7) is 9.85. The molecule has 3 saturated carbocycles. The molecule has 3 fully saturated rings. The van der Waals surface area contributed by atoms with E-state index in [4.69, 9.17) is 15.3 Å². The summed E-state index contributed by atoms with van der Waals surface area (Å²) in [7, 11) is -2.75. The van der Waals surface area contributed by atoms with Crippen molar-refractivity contribution in [1.29, 1.82) is 0 Å². The third kappa shape index (κ3) is 4.65. The molecule has 0 amide bonds. The normalized spacial score (nSPS) is 39.2. The van der Waals surface area contributed by atoms with Crippen LogP contribution in [0.1, 0.15) is 71.8 Å². The monoisotopic (exact) mass is 558 g/mol. The van der Waals surface area contributed by atoms with Gasteiger partial charge in [0.05, 0.1) is 11.0 Å². The minimum Gasteiger partial charge on any atom is -0.479 e. The number of Topliss-reactive ketones (excluding diaryl/α,β-unsaturated/α-hetero) is 1. The molecule has 2 bridgehead atoms. The molecule has 1 aromatic rings. The molecular formula is C31H42O7S. The number of rotatable bonds is 7. The molecule has 0 radical (unpaired) electrons. The number of carboxylic acid groups (broad SMARTS) is 1. The van der Waals surface area contributed by atoms with Crippen molar-refractivity contribution in [2.45, 2.75) is 90.2 Å². The topological polar surface area (TPSA) is 107 Å². The SMILES string of the molecule is C#CC[C@@]1(C)C[C@@H](C(OS(=O)(=O)c2ccc(C)cc2)C(=O)O)[C@@]2(C)[C@H](C)CC[C@]3(CC[C@@H](OC)[C@@H]32)[C@@H](C)C1=O. The zero-order chi connectivity index (χ0) is 29.0. The van der Waals surface area contributed by atoms with Crippen molar-refractivity contribution in [3.8, 4) is 12.3 Å². The van der Waals surface area contributed by atoms with Crippen molar-refractivity contribution in [3.05, 3.63) is 29.8 Å². The number of terminal acetylenes is 1. The van der Waals surface area contributed by atoms with Crippen LogP contribution in [0.5, 0.6) is 0 Å². The molecular weight excluding hydrogens is 516 g/mol. The van der Waals surface area contributed by atoms with Crippen LogP contribution in [-0.2, 0) is 28.6 Å². The molecule has 4 rings (SSSR count). The van der Waals surface area contributed by atoms with Crippen molar-refractivity contribution in [3.63, 3.8) is 0 Å². The van der Waals surface area contributed by atoms with E-state index in [1.54, 1.807) is 19.2 Å². The number of hydrogen-bond acceptors (Lipinski definition) is 6. The third-order valence-electron chi connectivity index (χ3n) is 10.9. The van der Waals surface area contributed by atoms with E-state index in [-0.39, 0.29) is 52.8 Å². The fourth-order valence-electron chi connectivity index (χ4n) is 8.64. The van der Waals surface area contributed by atoms with Crippen LogP contribution >= 0.6 is 0 Å². The summed E-state index contributed by atoms with van der Waals surface area (Å²) >= 11 is 0. The van der Waals surface area contributed by atoms with E-state index in [2.05, 4.69) is 19.8 Å². The number of hydrogen-bond donors (Lipinski definition) is 1. The maximum Gasteiger partial charge on any atom is 0.334 e.